The van der Waals surface area contributed by atoms with Gasteiger partial charge in [0.15, 0.2) is 0 Å². The van der Waals surface area contributed by atoms with Crippen LogP contribution in [-0.2, 0) is 7.05 Å². The number of aryl methyl sites for hydroxylation is 1. The molecule has 0 saturated carbocycles. The Morgan fingerprint density at radius 3 is 2.73 bits per heavy atom. The van der Waals surface area contributed by atoms with Crippen molar-refractivity contribution in [2.75, 3.05) is 13.1 Å². The van der Waals surface area contributed by atoms with E-state index in [1.165, 1.54) is 12.1 Å². The molecule has 0 aliphatic carbocycles. The van der Waals surface area contributed by atoms with Gasteiger partial charge in [-0.3, -0.25) is 9.48 Å². The Morgan fingerprint density at radius 2 is 2.09 bits per heavy atom. The number of rotatable bonds is 3. The number of carbonyl (C=O) groups excluding carboxylic acids is 1. The first-order valence-corrected chi connectivity index (χ1v) is 7.33. The molecule has 0 atom stereocenters. The number of halogens is 1. The van der Waals surface area contributed by atoms with E-state index in [1.54, 1.807) is 41.0 Å². The van der Waals surface area contributed by atoms with Crippen molar-refractivity contribution in [1.29, 1.82) is 0 Å². The smallest absolute Gasteiger partial charge is 0.274 e. The number of nitrogens with zero attached hydrogens (tertiary/aromatic N) is 3. The van der Waals surface area contributed by atoms with Crippen LogP contribution in [0.3, 0.4) is 0 Å². The molecule has 1 aliphatic rings. The van der Waals surface area contributed by atoms with Crippen LogP contribution in [0.15, 0.2) is 36.5 Å². The molecule has 1 saturated heterocycles. The molecule has 0 N–H and O–H groups in total. The van der Waals surface area contributed by atoms with Crippen LogP contribution < -0.4 is 4.74 Å². The van der Waals surface area contributed by atoms with E-state index < -0.39 is 0 Å². The van der Waals surface area contributed by atoms with Crippen molar-refractivity contribution in [3.8, 4) is 5.75 Å². The van der Waals surface area contributed by atoms with E-state index in [9.17, 15) is 9.18 Å². The van der Waals surface area contributed by atoms with Crippen LogP contribution in [-0.4, -0.2) is 39.8 Å². The average Bonchev–Trinajstić information content (AvgIpc) is 2.94. The van der Waals surface area contributed by atoms with Gasteiger partial charge in [0.05, 0.1) is 0 Å². The van der Waals surface area contributed by atoms with Crippen molar-refractivity contribution in [2.45, 2.75) is 18.9 Å². The van der Waals surface area contributed by atoms with Crippen molar-refractivity contribution >= 4 is 5.91 Å². The lowest BCUT2D eigenvalue weighted by molar-refractivity contribution is 0.0589. The van der Waals surface area contributed by atoms with Crippen LogP contribution in [0.4, 0.5) is 4.39 Å². The van der Waals surface area contributed by atoms with Gasteiger partial charge in [-0.1, -0.05) is 6.07 Å². The highest BCUT2D eigenvalue weighted by Gasteiger charge is 2.25. The fourth-order valence-electron chi connectivity index (χ4n) is 2.60. The van der Waals surface area contributed by atoms with E-state index in [2.05, 4.69) is 5.10 Å². The molecule has 1 aromatic carbocycles. The first kappa shape index (κ1) is 14.6. The third kappa shape index (κ3) is 3.27. The summed E-state index contributed by atoms with van der Waals surface area (Å²) in [7, 11) is 1.79. The van der Waals surface area contributed by atoms with E-state index >= 15 is 0 Å². The minimum absolute atomic E-state index is 0.00887. The van der Waals surface area contributed by atoms with E-state index in [4.69, 9.17) is 4.74 Å². The van der Waals surface area contributed by atoms with E-state index in [-0.39, 0.29) is 17.8 Å². The van der Waals surface area contributed by atoms with Crippen molar-refractivity contribution in [2.24, 2.45) is 7.05 Å². The molecule has 5 nitrogen and oxygen atoms in total. The molecule has 2 aromatic rings. The molecule has 1 fully saturated rings. The number of carbonyl (C=O) groups is 1. The Bertz CT molecular complexity index is 663. The second-order valence-corrected chi connectivity index (χ2v) is 5.44. The Hall–Kier alpha value is -2.37. The monoisotopic (exact) mass is 303 g/mol. The van der Waals surface area contributed by atoms with Gasteiger partial charge < -0.3 is 9.64 Å². The summed E-state index contributed by atoms with van der Waals surface area (Å²) >= 11 is 0. The molecule has 1 aliphatic heterocycles. The molecule has 22 heavy (non-hydrogen) atoms. The van der Waals surface area contributed by atoms with Gasteiger partial charge in [-0.15, -0.1) is 0 Å². The summed E-state index contributed by atoms with van der Waals surface area (Å²) in [4.78, 5) is 14.1. The Labute approximate surface area is 128 Å². The summed E-state index contributed by atoms with van der Waals surface area (Å²) in [6.45, 7) is 1.24. The molecule has 2 heterocycles. The molecular formula is C16H18FN3O2. The van der Waals surface area contributed by atoms with Crippen molar-refractivity contribution in [3.63, 3.8) is 0 Å². The van der Waals surface area contributed by atoms with Gasteiger partial charge >= 0.3 is 0 Å². The highest BCUT2D eigenvalue weighted by atomic mass is 19.1. The van der Waals surface area contributed by atoms with Gasteiger partial charge in [0.1, 0.15) is 23.4 Å². The summed E-state index contributed by atoms with van der Waals surface area (Å²) in [6.07, 6.45) is 3.23. The zero-order chi connectivity index (χ0) is 15.5. The van der Waals surface area contributed by atoms with Crippen molar-refractivity contribution in [1.82, 2.24) is 14.7 Å². The van der Waals surface area contributed by atoms with Gasteiger partial charge in [0.25, 0.3) is 5.91 Å². The number of likely N-dealkylation sites (tertiary alicyclic amines) is 1. The maximum absolute atomic E-state index is 13.1. The first-order valence-electron chi connectivity index (χ1n) is 7.33. The third-order valence-corrected chi connectivity index (χ3v) is 3.76. The molecule has 0 bridgehead atoms. The van der Waals surface area contributed by atoms with Gasteiger partial charge in [-0.2, -0.15) is 5.10 Å². The van der Waals surface area contributed by atoms with Crippen LogP contribution in [0, 0.1) is 5.82 Å². The molecule has 6 heteroatoms. The number of aromatic nitrogens is 2. The highest BCUT2D eigenvalue weighted by molar-refractivity contribution is 5.92. The van der Waals surface area contributed by atoms with Crippen LogP contribution in [0.2, 0.25) is 0 Å². The number of piperidine rings is 1. The van der Waals surface area contributed by atoms with Gasteiger partial charge in [-0.25, -0.2) is 4.39 Å². The summed E-state index contributed by atoms with van der Waals surface area (Å²) in [5, 5.41) is 4.13. The lowest BCUT2D eigenvalue weighted by atomic mass is 10.1. The van der Waals surface area contributed by atoms with E-state index in [0.29, 0.717) is 24.5 Å². The van der Waals surface area contributed by atoms with E-state index in [0.717, 1.165) is 12.8 Å². The molecule has 1 amide bonds. The summed E-state index contributed by atoms with van der Waals surface area (Å²) in [5.41, 5.74) is 0.465. The molecule has 3 rings (SSSR count). The van der Waals surface area contributed by atoms with E-state index in [1.807, 2.05) is 0 Å². The number of amides is 1. The maximum Gasteiger partial charge on any atom is 0.274 e. The molecule has 0 unspecified atom stereocenters. The normalized spacial score (nSPS) is 15.8. The summed E-state index contributed by atoms with van der Waals surface area (Å²) < 4.78 is 20.5. The Kier molecular flexibility index (Phi) is 4.09. The average molecular weight is 303 g/mol. The predicted molar refractivity (Wildman–Crippen MR) is 79.2 cm³/mol. The highest BCUT2D eigenvalue weighted by Crippen LogP contribution is 2.20. The van der Waals surface area contributed by atoms with Gasteiger partial charge in [-0.05, 0) is 18.2 Å². The summed E-state index contributed by atoms with van der Waals surface area (Å²) in [6, 6.07) is 7.86. The largest absolute Gasteiger partial charge is 0.490 e. The quantitative estimate of drug-likeness (QED) is 0.873. The minimum atomic E-state index is -0.305. The van der Waals surface area contributed by atoms with Crippen LogP contribution in [0.25, 0.3) is 0 Å². The van der Waals surface area contributed by atoms with Gasteiger partial charge in [0.2, 0.25) is 0 Å². The second-order valence-electron chi connectivity index (χ2n) is 5.44. The molecule has 0 radical (unpaired) electrons. The van der Waals surface area contributed by atoms with Crippen LogP contribution in [0.5, 0.6) is 5.75 Å². The predicted octanol–water partition coefficient (Wildman–Crippen LogP) is 2.24. The number of ether oxygens (including phenoxy) is 1. The molecule has 1 aromatic heterocycles. The topological polar surface area (TPSA) is 47.4 Å². The zero-order valence-electron chi connectivity index (χ0n) is 12.4. The standard InChI is InChI=1S/C16H18FN3O2/c1-19-8-7-15(18-19)16(21)20-9-5-13(6-10-20)22-14-4-2-3-12(17)11-14/h2-4,7-8,11,13H,5-6,9-10H2,1H3. The fraction of sp³-hybridized carbons (Fsp3) is 0.375. The molecule has 116 valence electrons. The van der Waals surface area contributed by atoms with Crippen molar-refractivity contribution < 1.29 is 13.9 Å². The molecule has 0 spiro atoms. The Balaban J connectivity index is 1.55. The zero-order valence-corrected chi connectivity index (χ0v) is 12.4. The summed E-state index contributed by atoms with van der Waals surface area (Å²) in [5.74, 6) is 0.180. The first-order chi connectivity index (χ1) is 10.6. The molecular weight excluding hydrogens is 285 g/mol. The number of hydrogen-bond donors (Lipinski definition) is 0. The fourth-order valence-corrected chi connectivity index (χ4v) is 2.60. The van der Waals surface area contributed by atoms with Gasteiger partial charge in [0, 0.05) is 45.2 Å². The SMILES string of the molecule is Cn1ccc(C(=O)N2CCC(Oc3cccc(F)c3)CC2)n1. The lowest BCUT2D eigenvalue weighted by Crippen LogP contribution is -2.42. The van der Waals surface area contributed by atoms with Crippen molar-refractivity contribution in [3.05, 3.63) is 48.0 Å². The third-order valence-electron chi connectivity index (χ3n) is 3.76. The van der Waals surface area contributed by atoms with Crippen LogP contribution in [0.1, 0.15) is 23.3 Å². The van der Waals surface area contributed by atoms with Crippen LogP contribution >= 0.6 is 0 Å². The number of benzene rings is 1. The number of hydrogen-bond acceptors (Lipinski definition) is 3. The lowest BCUT2D eigenvalue weighted by Gasteiger charge is -2.31. The minimum Gasteiger partial charge on any atom is -0.490 e. The Morgan fingerprint density at radius 1 is 1.32 bits per heavy atom. The second kappa shape index (κ2) is 6.17. The maximum atomic E-state index is 13.1.